The van der Waals surface area contributed by atoms with Crippen molar-refractivity contribution in [3.8, 4) is 0 Å². The standard InChI is InChI=1S/C30H44N4O6/c1-21(25-10-7-15-31-32-25)8-6-9-22(2)28-23(3)11-12-26(39-29(37)34-18-16-33(5)17-19-34)30(4,38)14-13-24(35)20-27(36)40-28/h6-12,15,21,23-24,26,28,35,38H,13-14,16-20H2,1-5H3/b8-6+,12-11+,22-9+/t21?,23-,24-,26+,28+,30-/m0/s1. The molecule has 1 unspecified atom stereocenters. The van der Waals surface area contributed by atoms with E-state index in [0.29, 0.717) is 13.1 Å². The van der Waals surface area contributed by atoms with Crippen LogP contribution < -0.4 is 0 Å². The van der Waals surface area contributed by atoms with Crippen LogP contribution in [-0.4, -0.2) is 99.4 Å². The molecular weight excluding hydrogens is 512 g/mol. The molecule has 0 radical (unpaired) electrons. The Morgan fingerprint density at radius 3 is 2.67 bits per heavy atom. The Kier molecular flexibility index (Phi) is 11.4. The number of rotatable bonds is 5. The van der Waals surface area contributed by atoms with Gasteiger partial charge in [0.2, 0.25) is 0 Å². The molecule has 2 N–H and O–H groups in total. The van der Waals surface area contributed by atoms with Crippen molar-refractivity contribution in [3.63, 3.8) is 0 Å². The molecule has 0 saturated carbocycles. The van der Waals surface area contributed by atoms with E-state index in [9.17, 15) is 19.8 Å². The van der Waals surface area contributed by atoms with Gasteiger partial charge >= 0.3 is 12.1 Å². The van der Waals surface area contributed by atoms with Crippen LogP contribution in [0, 0.1) is 5.92 Å². The van der Waals surface area contributed by atoms with Crippen LogP contribution in [0.4, 0.5) is 4.79 Å². The summed E-state index contributed by atoms with van der Waals surface area (Å²) < 4.78 is 11.7. The molecule has 220 valence electrons. The zero-order valence-electron chi connectivity index (χ0n) is 24.3. The maximum Gasteiger partial charge on any atom is 0.410 e. The molecule has 0 aromatic carbocycles. The number of cyclic esters (lactones) is 1. The number of aliphatic hydroxyl groups excluding tert-OH is 1. The molecule has 10 heteroatoms. The molecular formula is C30H44N4O6. The molecule has 40 heavy (non-hydrogen) atoms. The summed E-state index contributed by atoms with van der Waals surface area (Å²) in [4.78, 5) is 29.5. The fraction of sp³-hybridized carbons (Fsp3) is 0.600. The van der Waals surface area contributed by atoms with E-state index < -0.39 is 36.0 Å². The summed E-state index contributed by atoms with van der Waals surface area (Å²) in [6, 6.07) is 3.75. The van der Waals surface area contributed by atoms with Gasteiger partial charge in [-0.1, -0.05) is 38.2 Å². The van der Waals surface area contributed by atoms with Gasteiger partial charge in [0.1, 0.15) is 11.7 Å². The van der Waals surface area contributed by atoms with Gasteiger partial charge in [0.05, 0.1) is 18.2 Å². The fourth-order valence-electron chi connectivity index (χ4n) is 4.75. The maximum atomic E-state index is 13.0. The van der Waals surface area contributed by atoms with Gasteiger partial charge < -0.3 is 29.5 Å². The average Bonchev–Trinajstić information content (AvgIpc) is 2.92. The van der Waals surface area contributed by atoms with Crippen LogP contribution in [0.15, 0.2) is 54.3 Å². The summed E-state index contributed by atoms with van der Waals surface area (Å²) in [6.07, 6.45) is 7.94. The topological polar surface area (TPSA) is 125 Å². The summed E-state index contributed by atoms with van der Waals surface area (Å²) >= 11 is 0. The molecule has 0 bridgehead atoms. The third kappa shape index (κ3) is 9.25. The van der Waals surface area contributed by atoms with Crippen LogP contribution in [0.1, 0.15) is 58.6 Å². The lowest BCUT2D eigenvalue weighted by Gasteiger charge is -2.36. The number of allylic oxidation sites excluding steroid dienone is 3. The third-order valence-electron chi connectivity index (χ3n) is 7.58. The van der Waals surface area contributed by atoms with Crippen molar-refractivity contribution in [2.24, 2.45) is 5.92 Å². The number of hydrogen-bond donors (Lipinski definition) is 2. The molecule has 2 aliphatic heterocycles. The van der Waals surface area contributed by atoms with E-state index in [-0.39, 0.29) is 31.1 Å². The molecule has 1 amide bonds. The zero-order valence-corrected chi connectivity index (χ0v) is 24.3. The van der Waals surface area contributed by atoms with E-state index in [0.717, 1.165) is 24.4 Å². The lowest BCUT2D eigenvalue weighted by molar-refractivity contribution is -0.151. The molecule has 0 aliphatic carbocycles. The molecule has 1 fully saturated rings. The summed E-state index contributed by atoms with van der Waals surface area (Å²) in [5.74, 6) is -0.772. The minimum atomic E-state index is -1.44. The van der Waals surface area contributed by atoms with Gasteiger partial charge in [0.15, 0.2) is 6.10 Å². The molecule has 6 atom stereocenters. The first-order chi connectivity index (χ1) is 19.0. The number of hydrogen-bond acceptors (Lipinski definition) is 9. The predicted octanol–water partition coefficient (Wildman–Crippen LogP) is 3.24. The summed E-state index contributed by atoms with van der Waals surface area (Å²) in [6.45, 7) is 9.98. The van der Waals surface area contributed by atoms with Crippen molar-refractivity contribution in [1.29, 1.82) is 0 Å². The molecule has 3 heterocycles. The number of carbonyl (C=O) groups is 2. The van der Waals surface area contributed by atoms with Crippen LogP contribution in [0.2, 0.25) is 0 Å². The number of nitrogens with zero attached hydrogens (tertiary/aromatic N) is 4. The maximum absolute atomic E-state index is 13.0. The van der Waals surface area contributed by atoms with Gasteiger partial charge in [-0.15, -0.1) is 0 Å². The largest absolute Gasteiger partial charge is 0.457 e. The number of aliphatic hydroxyl groups is 2. The van der Waals surface area contributed by atoms with Gasteiger partial charge in [0, 0.05) is 44.2 Å². The number of aromatic nitrogens is 2. The molecule has 10 nitrogen and oxygen atoms in total. The van der Waals surface area contributed by atoms with Gasteiger partial charge in [-0.25, -0.2) is 4.79 Å². The van der Waals surface area contributed by atoms with Crippen molar-refractivity contribution in [2.45, 2.75) is 76.8 Å². The normalized spacial score (nSPS) is 31.1. The second-order valence-electron chi connectivity index (χ2n) is 11.2. The second kappa shape index (κ2) is 14.5. The third-order valence-corrected chi connectivity index (χ3v) is 7.58. The Balaban J connectivity index is 1.81. The minimum absolute atomic E-state index is 0.0436. The minimum Gasteiger partial charge on any atom is -0.457 e. The zero-order chi connectivity index (χ0) is 29.3. The molecule has 0 spiro atoms. The summed E-state index contributed by atoms with van der Waals surface area (Å²) in [7, 11) is 2.00. The average molecular weight is 557 g/mol. The Hall–Kier alpha value is -3.08. The second-order valence-corrected chi connectivity index (χ2v) is 11.2. The lowest BCUT2D eigenvalue weighted by Crippen LogP contribution is -2.50. The van der Waals surface area contributed by atoms with Crippen LogP contribution in [0.5, 0.6) is 0 Å². The number of carbonyl (C=O) groups excluding carboxylic acids is 2. The smallest absolute Gasteiger partial charge is 0.410 e. The van der Waals surface area contributed by atoms with E-state index in [1.165, 1.54) is 0 Å². The first-order valence-electron chi connectivity index (χ1n) is 14.0. The van der Waals surface area contributed by atoms with E-state index in [2.05, 4.69) is 15.1 Å². The molecule has 1 aromatic heterocycles. The van der Waals surface area contributed by atoms with Crippen molar-refractivity contribution >= 4 is 12.1 Å². The van der Waals surface area contributed by atoms with Gasteiger partial charge in [-0.2, -0.15) is 10.2 Å². The molecule has 2 aliphatic rings. The van der Waals surface area contributed by atoms with E-state index in [1.54, 1.807) is 24.1 Å². The van der Waals surface area contributed by atoms with Crippen LogP contribution >= 0.6 is 0 Å². The SMILES string of the molecule is C/C(=C\C=C\C(C)c1cccnn1)[C@H]1OC(=O)C[C@@H](O)CC[C@](C)(O)[C@H](OC(=O)N2CCN(C)CC2)/C=C/[C@@H]1C. The van der Waals surface area contributed by atoms with Gasteiger partial charge in [0.25, 0.3) is 0 Å². The predicted molar refractivity (Wildman–Crippen MR) is 151 cm³/mol. The van der Waals surface area contributed by atoms with Crippen molar-refractivity contribution in [2.75, 3.05) is 33.2 Å². The Morgan fingerprint density at radius 2 is 2.00 bits per heavy atom. The van der Waals surface area contributed by atoms with Crippen LogP contribution in [0.25, 0.3) is 0 Å². The van der Waals surface area contributed by atoms with E-state index >= 15 is 0 Å². The fourth-order valence-corrected chi connectivity index (χ4v) is 4.75. The van der Waals surface area contributed by atoms with E-state index in [4.69, 9.17) is 9.47 Å². The van der Waals surface area contributed by atoms with Crippen molar-refractivity contribution in [1.82, 2.24) is 20.0 Å². The van der Waals surface area contributed by atoms with Crippen LogP contribution in [0.3, 0.4) is 0 Å². The summed E-state index contributed by atoms with van der Waals surface area (Å²) in [5, 5.41) is 29.9. The van der Waals surface area contributed by atoms with Crippen molar-refractivity contribution < 1.29 is 29.3 Å². The number of likely N-dealkylation sites (N-methyl/N-ethyl adjacent to an activating group) is 1. The highest BCUT2D eigenvalue weighted by Crippen LogP contribution is 2.27. The lowest BCUT2D eigenvalue weighted by atomic mass is 9.88. The molecule has 1 saturated heterocycles. The quantitative estimate of drug-likeness (QED) is 0.319. The van der Waals surface area contributed by atoms with Gasteiger partial charge in [-0.3, -0.25) is 4.79 Å². The van der Waals surface area contributed by atoms with Gasteiger partial charge in [-0.05, 0) is 57.5 Å². The number of piperazine rings is 1. The Bertz CT molecular complexity index is 1070. The highest BCUT2D eigenvalue weighted by molar-refractivity contribution is 5.70. The van der Waals surface area contributed by atoms with E-state index in [1.807, 2.05) is 64.3 Å². The molecule has 1 aromatic rings. The monoisotopic (exact) mass is 556 g/mol. The first kappa shape index (κ1) is 31.4. The first-order valence-corrected chi connectivity index (χ1v) is 14.0. The Labute approximate surface area is 237 Å². The number of esters is 1. The highest BCUT2D eigenvalue weighted by Gasteiger charge is 2.36. The summed E-state index contributed by atoms with van der Waals surface area (Å²) in [5.41, 5.74) is 0.205. The highest BCUT2D eigenvalue weighted by atomic mass is 16.6. The van der Waals surface area contributed by atoms with Crippen LogP contribution in [-0.2, 0) is 14.3 Å². The number of amides is 1. The van der Waals surface area contributed by atoms with Crippen molar-refractivity contribution in [3.05, 3.63) is 60.0 Å². The Morgan fingerprint density at radius 1 is 1.27 bits per heavy atom. The number of ether oxygens (including phenoxy) is 2. The molecule has 3 rings (SSSR count).